The normalized spacial score (nSPS) is 19.2. The molecule has 0 saturated heterocycles. The summed E-state index contributed by atoms with van der Waals surface area (Å²) in [4.78, 5) is 0. The average molecular weight is 217 g/mol. The molecule has 16 heavy (non-hydrogen) atoms. The van der Waals surface area contributed by atoms with E-state index in [0.29, 0.717) is 0 Å². The fourth-order valence-corrected chi connectivity index (χ4v) is 2.21. The van der Waals surface area contributed by atoms with Crippen molar-refractivity contribution in [2.24, 2.45) is 0 Å². The third-order valence-corrected chi connectivity index (χ3v) is 3.08. The molecule has 1 aromatic carbocycles. The van der Waals surface area contributed by atoms with Crippen LogP contribution in [0, 0.1) is 18.2 Å². The van der Waals surface area contributed by atoms with E-state index in [4.69, 9.17) is 6.42 Å². The van der Waals surface area contributed by atoms with Gasteiger partial charge >= 0.3 is 0 Å². The van der Waals surface area contributed by atoms with Crippen LogP contribution >= 0.6 is 0 Å². The highest BCUT2D eigenvalue weighted by Crippen LogP contribution is 2.32. The second-order valence-electron chi connectivity index (χ2n) is 4.85. The van der Waals surface area contributed by atoms with Crippen molar-refractivity contribution in [1.29, 1.82) is 0 Å². The Bertz CT molecular complexity index is 443. The van der Waals surface area contributed by atoms with Crippen LogP contribution in [0.4, 0.5) is 4.39 Å². The smallest absolute Gasteiger partial charge is 0.123 e. The summed E-state index contributed by atoms with van der Waals surface area (Å²) in [5.74, 6) is 2.57. The molecule has 1 N–H and O–H groups in total. The van der Waals surface area contributed by atoms with Crippen LogP contribution in [0.3, 0.4) is 0 Å². The van der Waals surface area contributed by atoms with Gasteiger partial charge in [-0.2, -0.15) is 0 Å². The first-order valence-corrected chi connectivity index (χ1v) is 5.55. The highest BCUT2D eigenvalue weighted by Gasteiger charge is 2.27. The summed E-state index contributed by atoms with van der Waals surface area (Å²) in [6.07, 6.45) is 7.37. The molecule has 0 radical (unpaired) electrons. The Morgan fingerprint density at radius 2 is 2.25 bits per heavy atom. The maximum atomic E-state index is 13.0. The van der Waals surface area contributed by atoms with Gasteiger partial charge in [-0.1, -0.05) is 12.0 Å². The monoisotopic (exact) mass is 217 g/mol. The summed E-state index contributed by atoms with van der Waals surface area (Å²) >= 11 is 0. The van der Waals surface area contributed by atoms with E-state index in [2.05, 4.69) is 11.2 Å². The third kappa shape index (κ3) is 2.10. The number of fused-ring (bicyclic) bond motifs is 1. The van der Waals surface area contributed by atoms with Gasteiger partial charge in [0.15, 0.2) is 0 Å². The quantitative estimate of drug-likeness (QED) is 0.751. The average Bonchev–Trinajstić information content (AvgIpc) is 2.60. The number of halogens is 1. The topological polar surface area (TPSA) is 12.0 Å². The van der Waals surface area contributed by atoms with Gasteiger partial charge in [0.1, 0.15) is 5.82 Å². The summed E-state index contributed by atoms with van der Waals surface area (Å²) in [6, 6.07) is 5.26. The number of hydrogen-bond donors (Lipinski definition) is 1. The lowest BCUT2D eigenvalue weighted by Gasteiger charge is -2.25. The van der Waals surface area contributed by atoms with E-state index in [1.54, 1.807) is 6.07 Å². The molecule has 1 nitrogen and oxygen atoms in total. The largest absolute Gasteiger partial charge is 0.295 e. The number of rotatable bonds is 2. The minimum absolute atomic E-state index is 0.157. The molecular formula is C14H16FN. The molecule has 2 heteroatoms. The van der Waals surface area contributed by atoms with E-state index in [9.17, 15) is 4.39 Å². The van der Waals surface area contributed by atoms with Crippen molar-refractivity contribution in [3.63, 3.8) is 0 Å². The van der Waals surface area contributed by atoms with Gasteiger partial charge in [0, 0.05) is 6.04 Å². The van der Waals surface area contributed by atoms with Crippen LogP contribution in [0.15, 0.2) is 18.2 Å². The number of benzene rings is 1. The molecule has 0 heterocycles. The van der Waals surface area contributed by atoms with Gasteiger partial charge in [-0.05, 0) is 49.9 Å². The molecule has 1 aliphatic carbocycles. The zero-order chi connectivity index (χ0) is 11.8. The van der Waals surface area contributed by atoms with Crippen LogP contribution in [0.1, 0.15) is 37.4 Å². The zero-order valence-corrected chi connectivity index (χ0v) is 9.68. The van der Waals surface area contributed by atoms with E-state index in [1.807, 2.05) is 19.9 Å². The first-order chi connectivity index (χ1) is 7.52. The molecular weight excluding hydrogens is 201 g/mol. The number of terminal acetylenes is 1. The molecule has 0 aliphatic heterocycles. The first kappa shape index (κ1) is 11.2. The predicted octanol–water partition coefficient (Wildman–Crippen LogP) is 2.81. The van der Waals surface area contributed by atoms with Crippen molar-refractivity contribution in [2.45, 2.75) is 38.3 Å². The molecule has 0 amide bonds. The lowest BCUT2D eigenvalue weighted by molar-refractivity contribution is 0.410. The van der Waals surface area contributed by atoms with E-state index >= 15 is 0 Å². The summed E-state index contributed by atoms with van der Waals surface area (Å²) in [5.41, 5.74) is 1.97. The number of hydrogen-bond acceptors (Lipinski definition) is 1. The Hall–Kier alpha value is -1.33. The Kier molecular flexibility index (Phi) is 2.73. The molecule has 1 aromatic rings. The van der Waals surface area contributed by atoms with Gasteiger partial charge in [-0.15, -0.1) is 6.42 Å². The maximum absolute atomic E-state index is 13.0. The van der Waals surface area contributed by atoms with Gasteiger partial charge in [0.25, 0.3) is 0 Å². The molecule has 1 aliphatic rings. The van der Waals surface area contributed by atoms with E-state index in [1.165, 1.54) is 11.6 Å². The SMILES string of the molecule is C#CC(C)(C)NC1CCc2cc(F)ccc21. The number of aryl methyl sites for hydroxylation is 1. The lowest BCUT2D eigenvalue weighted by atomic mass is 10.0. The zero-order valence-electron chi connectivity index (χ0n) is 9.68. The third-order valence-electron chi connectivity index (χ3n) is 3.08. The van der Waals surface area contributed by atoms with Crippen LogP contribution in [0.25, 0.3) is 0 Å². The standard InChI is InChI=1S/C14H16FN/c1-4-14(2,3)16-13-8-5-10-9-11(15)6-7-12(10)13/h1,6-7,9,13,16H,5,8H2,2-3H3. The van der Waals surface area contributed by atoms with E-state index in [0.717, 1.165) is 18.4 Å². The van der Waals surface area contributed by atoms with Crippen molar-refractivity contribution >= 4 is 0 Å². The second kappa shape index (κ2) is 3.92. The van der Waals surface area contributed by atoms with Crippen LogP contribution in [0.5, 0.6) is 0 Å². The van der Waals surface area contributed by atoms with Crippen molar-refractivity contribution < 1.29 is 4.39 Å². The van der Waals surface area contributed by atoms with Crippen molar-refractivity contribution in [2.75, 3.05) is 0 Å². The molecule has 0 saturated carbocycles. The van der Waals surface area contributed by atoms with Gasteiger partial charge in [-0.3, -0.25) is 5.32 Å². The Labute approximate surface area is 96.1 Å². The fraction of sp³-hybridized carbons (Fsp3) is 0.429. The summed E-state index contributed by atoms with van der Waals surface area (Å²) < 4.78 is 13.0. The predicted molar refractivity (Wildman–Crippen MR) is 63.5 cm³/mol. The summed E-state index contributed by atoms with van der Waals surface area (Å²) in [7, 11) is 0. The lowest BCUT2D eigenvalue weighted by Crippen LogP contribution is -2.39. The van der Waals surface area contributed by atoms with Crippen LogP contribution in [-0.2, 0) is 6.42 Å². The van der Waals surface area contributed by atoms with Crippen LogP contribution in [-0.4, -0.2) is 5.54 Å². The fourth-order valence-electron chi connectivity index (χ4n) is 2.21. The molecule has 0 bridgehead atoms. The molecule has 1 unspecified atom stereocenters. The molecule has 0 aromatic heterocycles. The molecule has 1 atom stereocenters. The van der Waals surface area contributed by atoms with Crippen molar-refractivity contribution in [3.05, 3.63) is 35.1 Å². The van der Waals surface area contributed by atoms with Gasteiger partial charge in [0.05, 0.1) is 5.54 Å². The van der Waals surface area contributed by atoms with Gasteiger partial charge < -0.3 is 0 Å². The molecule has 0 spiro atoms. The second-order valence-corrected chi connectivity index (χ2v) is 4.85. The maximum Gasteiger partial charge on any atom is 0.123 e. The highest BCUT2D eigenvalue weighted by molar-refractivity contribution is 5.35. The first-order valence-electron chi connectivity index (χ1n) is 5.55. The summed E-state index contributed by atoms with van der Waals surface area (Å²) in [6.45, 7) is 3.96. The Morgan fingerprint density at radius 1 is 1.50 bits per heavy atom. The van der Waals surface area contributed by atoms with Gasteiger partial charge in [0.2, 0.25) is 0 Å². The van der Waals surface area contributed by atoms with Crippen molar-refractivity contribution in [3.8, 4) is 12.3 Å². The minimum atomic E-state index is -0.319. The van der Waals surface area contributed by atoms with Crippen LogP contribution < -0.4 is 5.32 Å². The molecule has 2 rings (SSSR count). The Balaban J connectivity index is 2.22. The Morgan fingerprint density at radius 3 is 2.94 bits per heavy atom. The van der Waals surface area contributed by atoms with E-state index in [-0.39, 0.29) is 17.4 Å². The molecule has 84 valence electrons. The number of nitrogens with one attached hydrogen (secondary N) is 1. The summed E-state index contributed by atoms with van der Waals surface area (Å²) in [5, 5.41) is 3.42. The van der Waals surface area contributed by atoms with E-state index < -0.39 is 0 Å². The molecule has 0 fully saturated rings. The van der Waals surface area contributed by atoms with Crippen molar-refractivity contribution in [1.82, 2.24) is 5.32 Å². The minimum Gasteiger partial charge on any atom is -0.295 e. The van der Waals surface area contributed by atoms with Gasteiger partial charge in [-0.25, -0.2) is 4.39 Å². The van der Waals surface area contributed by atoms with Crippen LogP contribution in [0.2, 0.25) is 0 Å². The highest BCUT2D eigenvalue weighted by atomic mass is 19.1.